The summed E-state index contributed by atoms with van der Waals surface area (Å²) in [5.41, 5.74) is 6.34. The lowest BCUT2D eigenvalue weighted by atomic mass is 9.79. The first-order valence-corrected chi connectivity index (χ1v) is 8.80. The number of aromatic nitrogens is 2. The van der Waals surface area contributed by atoms with Crippen LogP contribution >= 0.6 is 11.6 Å². The highest BCUT2D eigenvalue weighted by atomic mass is 35.5. The Balaban J connectivity index is 1.88. The molecule has 9 heteroatoms. The second kappa shape index (κ2) is 7.68. The monoisotopic (exact) mass is 387 g/mol. The number of nitrogens with two attached hydrogens (primary N) is 1. The van der Waals surface area contributed by atoms with Crippen LogP contribution in [0.4, 0.5) is 11.5 Å². The van der Waals surface area contributed by atoms with E-state index >= 15 is 0 Å². The summed E-state index contributed by atoms with van der Waals surface area (Å²) in [6, 6.07) is 8.73. The van der Waals surface area contributed by atoms with E-state index in [1.807, 2.05) is 0 Å². The van der Waals surface area contributed by atoms with Crippen molar-refractivity contribution < 1.29 is 14.7 Å². The Kier molecular flexibility index (Phi) is 5.33. The van der Waals surface area contributed by atoms with Gasteiger partial charge in [-0.3, -0.25) is 14.3 Å². The second-order valence-corrected chi connectivity index (χ2v) is 6.96. The van der Waals surface area contributed by atoms with Crippen LogP contribution in [0.5, 0.6) is 0 Å². The molecule has 27 heavy (non-hydrogen) atoms. The Morgan fingerprint density at radius 1 is 1.33 bits per heavy atom. The Morgan fingerprint density at radius 3 is 2.63 bits per heavy atom. The number of aliphatic carboxylic acids is 1. The van der Waals surface area contributed by atoms with Crippen LogP contribution < -0.4 is 11.1 Å². The number of hydrogen-bond acceptors (Lipinski definition) is 5. The van der Waals surface area contributed by atoms with Crippen molar-refractivity contribution in [3.8, 4) is 6.07 Å². The average Bonchev–Trinajstić information content (AvgIpc) is 3.07. The van der Waals surface area contributed by atoms with Crippen LogP contribution in [0.25, 0.3) is 0 Å². The zero-order chi connectivity index (χ0) is 19.6. The number of carbonyl (C=O) groups excluding carboxylic acids is 1. The van der Waals surface area contributed by atoms with Crippen molar-refractivity contribution in [2.45, 2.75) is 25.3 Å². The number of carboxylic acid groups (broad SMARTS) is 1. The Morgan fingerprint density at radius 2 is 2.04 bits per heavy atom. The molecule has 3 rings (SSSR count). The van der Waals surface area contributed by atoms with Crippen molar-refractivity contribution in [1.29, 1.82) is 5.26 Å². The van der Waals surface area contributed by atoms with Crippen molar-refractivity contribution in [2.24, 2.45) is 17.6 Å². The molecule has 1 aromatic carbocycles. The minimum Gasteiger partial charge on any atom is -0.481 e. The number of carbonyl (C=O) groups is 2. The molecule has 1 amide bonds. The van der Waals surface area contributed by atoms with E-state index < -0.39 is 23.7 Å². The number of nitrogens with zero attached hydrogens (tertiary/aromatic N) is 3. The van der Waals surface area contributed by atoms with Gasteiger partial charge in [-0.05, 0) is 43.5 Å². The number of benzene rings is 1. The zero-order valence-electron chi connectivity index (χ0n) is 14.3. The number of hydrogen-bond donors (Lipinski definition) is 3. The molecule has 0 unspecified atom stereocenters. The molecule has 0 spiro atoms. The molecule has 0 bridgehead atoms. The summed E-state index contributed by atoms with van der Waals surface area (Å²) in [6.45, 7) is 0. The van der Waals surface area contributed by atoms with Gasteiger partial charge >= 0.3 is 5.97 Å². The maximum Gasteiger partial charge on any atom is 0.306 e. The largest absolute Gasteiger partial charge is 0.481 e. The molecule has 1 saturated carbocycles. The van der Waals surface area contributed by atoms with Gasteiger partial charge in [-0.2, -0.15) is 10.4 Å². The second-order valence-electron chi connectivity index (χ2n) is 6.52. The van der Waals surface area contributed by atoms with E-state index in [1.54, 1.807) is 28.9 Å². The van der Waals surface area contributed by atoms with E-state index in [-0.39, 0.29) is 23.8 Å². The molecule has 1 heterocycles. The van der Waals surface area contributed by atoms with Gasteiger partial charge in [-0.15, -0.1) is 0 Å². The van der Waals surface area contributed by atoms with E-state index in [1.165, 1.54) is 6.20 Å². The summed E-state index contributed by atoms with van der Waals surface area (Å²) in [5, 5.41) is 26.7. The van der Waals surface area contributed by atoms with Gasteiger partial charge in [-0.25, -0.2) is 0 Å². The van der Waals surface area contributed by atoms with Gasteiger partial charge in [0.15, 0.2) is 5.82 Å². The topological polar surface area (TPSA) is 134 Å². The van der Waals surface area contributed by atoms with E-state index in [2.05, 4.69) is 16.5 Å². The molecule has 1 fully saturated rings. The predicted octanol–water partition coefficient (Wildman–Crippen LogP) is 2.94. The number of anilines is 2. The molecule has 0 saturated heterocycles. The van der Waals surface area contributed by atoms with Crippen molar-refractivity contribution in [3.05, 3.63) is 41.0 Å². The van der Waals surface area contributed by atoms with Gasteiger partial charge in [-0.1, -0.05) is 11.6 Å². The molecule has 1 aliphatic carbocycles. The number of rotatable bonds is 5. The number of nitrogens with one attached hydrogen (secondary N) is 1. The average molecular weight is 388 g/mol. The van der Waals surface area contributed by atoms with Crippen LogP contribution in [-0.2, 0) is 4.79 Å². The standard InChI is InChI=1S/C18H18ClN5O3/c19-12-2-4-13(5-3-12)22-17-14(16(21)25)9-24(23-17)15-6-1-10(18(26)27)7-11(15)8-20/h2-5,9-11,15H,1,6-7H2,(H2,21,25)(H,22,23)(H,26,27)/t10-,11+,15-/m0/s1. The van der Waals surface area contributed by atoms with Gasteiger partial charge in [0.25, 0.3) is 5.91 Å². The lowest BCUT2D eigenvalue weighted by Crippen LogP contribution is -2.30. The van der Waals surface area contributed by atoms with Gasteiger partial charge in [0.1, 0.15) is 5.56 Å². The Labute approximate surface area is 160 Å². The molecular formula is C18H18ClN5O3. The molecule has 0 aliphatic heterocycles. The van der Waals surface area contributed by atoms with Crippen LogP contribution in [0.1, 0.15) is 35.7 Å². The maximum atomic E-state index is 11.8. The van der Waals surface area contributed by atoms with Gasteiger partial charge in [0.05, 0.1) is 23.9 Å². The third-order valence-corrected chi connectivity index (χ3v) is 5.03. The first-order valence-electron chi connectivity index (χ1n) is 8.43. The third kappa shape index (κ3) is 4.04. The van der Waals surface area contributed by atoms with Crippen LogP contribution in [0.3, 0.4) is 0 Å². The van der Waals surface area contributed by atoms with Crippen LogP contribution in [0.15, 0.2) is 30.5 Å². The molecule has 2 aromatic rings. The van der Waals surface area contributed by atoms with Gasteiger partial charge < -0.3 is 16.2 Å². The van der Waals surface area contributed by atoms with Crippen LogP contribution in [-0.4, -0.2) is 26.8 Å². The first kappa shape index (κ1) is 18.7. The fourth-order valence-corrected chi connectivity index (χ4v) is 3.46. The van der Waals surface area contributed by atoms with Gasteiger partial charge in [0, 0.05) is 16.9 Å². The lowest BCUT2D eigenvalue weighted by Gasteiger charge is -2.30. The minimum atomic E-state index is -0.892. The molecule has 4 N–H and O–H groups in total. The normalized spacial score (nSPS) is 22.0. The van der Waals surface area contributed by atoms with E-state index in [4.69, 9.17) is 17.3 Å². The van der Waals surface area contributed by atoms with E-state index in [0.29, 0.717) is 23.6 Å². The molecule has 1 aliphatic rings. The van der Waals surface area contributed by atoms with Crippen molar-refractivity contribution in [2.75, 3.05) is 5.32 Å². The van der Waals surface area contributed by atoms with Crippen molar-refractivity contribution >= 4 is 35.0 Å². The zero-order valence-corrected chi connectivity index (χ0v) is 15.1. The number of halogens is 1. The quantitative estimate of drug-likeness (QED) is 0.721. The summed E-state index contributed by atoms with van der Waals surface area (Å²) in [6.07, 6.45) is 2.69. The molecule has 8 nitrogen and oxygen atoms in total. The number of nitriles is 1. The predicted molar refractivity (Wildman–Crippen MR) is 98.6 cm³/mol. The fraction of sp³-hybridized carbons (Fsp3) is 0.333. The smallest absolute Gasteiger partial charge is 0.306 e. The molecule has 0 radical (unpaired) electrons. The highest BCUT2D eigenvalue weighted by Gasteiger charge is 2.36. The molecule has 1 aromatic heterocycles. The highest BCUT2D eigenvalue weighted by Crippen LogP contribution is 2.37. The summed E-state index contributed by atoms with van der Waals surface area (Å²) < 4.78 is 1.55. The first-order chi connectivity index (χ1) is 12.9. The van der Waals surface area contributed by atoms with E-state index in [9.17, 15) is 20.0 Å². The lowest BCUT2D eigenvalue weighted by molar-refractivity contribution is -0.143. The number of primary amides is 1. The highest BCUT2D eigenvalue weighted by molar-refractivity contribution is 6.30. The summed E-state index contributed by atoms with van der Waals surface area (Å²) >= 11 is 5.87. The Hall–Kier alpha value is -3.05. The van der Waals surface area contributed by atoms with Crippen molar-refractivity contribution in [3.63, 3.8) is 0 Å². The minimum absolute atomic E-state index is 0.196. The summed E-state index contributed by atoms with van der Waals surface area (Å²) in [7, 11) is 0. The van der Waals surface area contributed by atoms with Crippen molar-refractivity contribution in [1.82, 2.24) is 9.78 Å². The SMILES string of the molecule is N#C[C@H]1C[C@@H](C(=O)O)CC[C@@H]1n1cc(C(N)=O)c(Nc2ccc(Cl)cc2)n1. The molecule has 140 valence electrons. The Bertz CT molecular complexity index is 903. The fourth-order valence-electron chi connectivity index (χ4n) is 3.34. The molecular weight excluding hydrogens is 370 g/mol. The van der Waals surface area contributed by atoms with Crippen LogP contribution in [0, 0.1) is 23.2 Å². The number of carboxylic acids is 1. The number of amides is 1. The van der Waals surface area contributed by atoms with E-state index in [0.717, 1.165) is 0 Å². The van der Waals surface area contributed by atoms with Crippen LogP contribution in [0.2, 0.25) is 5.02 Å². The third-order valence-electron chi connectivity index (χ3n) is 4.77. The summed E-state index contributed by atoms with van der Waals surface area (Å²) in [5.74, 6) is -2.31. The maximum absolute atomic E-state index is 11.8. The molecule has 3 atom stereocenters. The summed E-state index contributed by atoms with van der Waals surface area (Å²) in [4.78, 5) is 23.0. The van der Waals surface area contributed by atoms with Gasteiger partial charge in [0.2, 0.25) is 0 Å².